The van der Waals surface area contributed by atoms with E-state index in [4.69, 9.17) is 4.74 Å². The highest BCUT2D eigenvalue weighted by atomic mass is 127. The van der Waals surface area contributed by atoms with E-state index in [1.165, 1.54) is 71.0 Å². The fraction of sp³-hybridized carbons (Fsp3) is 0.952. The van der Waals surface area contributed by atoms with Gasteiger partial charge in [-0.2, -0.15) is 0 Å². The minimum Gasteiger partial charge on any atom is -0.382 e. The van der Waals surface area contributed by atoms with Crippen LogP contribution < -0.4 is 10.6 Å². The molecular formula is C21H43IN4O. The normalized spacial score (nSPS) is 21.1. The van der Waals surface area contributed by atoms with Crippen molar-refractivity contribution in [3.8, 4) is 0 Å². The Morgan fingerprint density at radius 2 is 1.85 bits per heavy atom. The standard InChI is InChI=1S/C21H42N4O.HI/c1-4-13-25-14-8-19(9-15-25)17-23-20(22-3)24-18-21(10-6-7-11-21)12-16-26-5-2;/h19H,4-18H2,1-3H3,(H2,22,23,24);1H. The molecule has 0 radical (unpaired) electrons. The zero-order valence-electron chi connectivity index (χ0n) is 17.9. The van der Waals surface area contributed by atoms with E-state index >= 15 is 0 Å². The lowest BCUT2D eigenvalue weighted by molar-refractivity contribution is 0.105. The van der Waals surface area contributed by atoms with E-state index in [0.29, 0.717) is 5.41 Å². The summed E-state index contributed by atoms with van der Waals surface area (Å²) in [5.74, 6) is 1.75. The third kappa shape index (κ3) is 8.86. The molecule has 0 amide bonds. The second kappa shape index (κ2) is 14.0. The summed E-state index contributed by atoms with van der Waals surface area (Å²) in [5, 5.41) is 7.20. The predicted molar refractivity (Wildman–Crippen MR) is 126 cm³/mol. The van der Waals surface area contributed by atoms with E-state index in [1.54, 1.807) is 0 Å². The van der Waals surface area contributed by atoms with E-state index < -0.39 is 0 Å². The van der Waals surface area contributed by atoms with E-state index in [0.717, 1.165) is 38.2 Å². The Bertz CT molecular complexity index is 405. The van der Waals surface area contributed by atoms with Crippen LogP contribution >= 0.6 is 24.0 Å². The van der Waals surface area contributed by atoms with Crippen molar-refractivity contribution in [1.82, 2.24) is 15.5 Å². The van der Waals surface area contributed by atoms with Crippen molar-refractivity contribution in [1.29, 1.82) is 0 Å². The number of aliphatic imine (C=N–C) groups is 1. The average molecular weight is 495 g/mol. The van der Waals surface area contributed by atoms with Gasteiger partial charge in [-0.25, -0.2) is 0 Å². The van der Waals surface area contributed by atoms with Crippen LogP contribution in [0.25, 0.3) is 0 Å². The third-order valence-corrected chi connectivity index (χ3v) is 6.30. The first-order valence-corrected chi connectivity index (χ1v) is 11.0. The molecule has 1 heterocycles. The predicted octanol–water partition coefficient (Wildman–Crippen LogP) is 3.88. The summed E-state index contributed by atoms with van der Waals surface area (Å²) in [6, 6.07) is 0. The lowest BCUT2D eigenvalue weighted by atomic mass is 9.83. The van der Waals surface area contributed by atoms with Gasteiger partial charge in [0.15, 0.2) is 5.96 Å². The molecule has 2 aliphatic rings. The molecule has 2 N–H and O–H groups in total. The van der Waals surface area contributed by atoms with Gasteiger partial charge >= 0.3 is 0 Å². The van der Waals surface area contributed by atoms with Crippen LogP contribution in [0, 0.1) is 11.3 Å². The Morgan fingerprint density at radius 3 is 2.44 bits per heavy atom. The zero-order chi connectivity index (χ0) is 18.7. The number of piperidine rings is 1. The van der Waals surface area contributed by atoms with Gasteiger partial charge in [-0.05, 0) is 76.4 Å². The lowest BCUT2D eigenvalue weighted by Crippen LogP contribution is -2.46. The second-order valence-corrected chi connectivity index (χ2v) is 8.25. The van der Waals surface area contributed by atoms with Gasteiger partial charge < -0.3 is 20.3 Å². The molecule has 1 saturated heterocycles. The molecule has 2 fully saturated rings. The van der Waals surface area contributed by atoms with Crippen molar-refractivity contribution in [2.75, 3.05) is 53.0 Å². The van der Waals surface area contributed by atoms with Crippen molar-refractivity contribution >= 4 is 29.9 Å². The van der Waals surface area contributed by atoms with Gasteiger partial charge in [0.2, 0.25) is 0 Å². The SMILES string of the molecule is CCCN1CCC(CNC(=NC)NCC2(CCOCC)CCCC2)CC1.I. The highest BCUT2D eigenvalue weighted by Crippen LogP contribution is 2.40. The van der Waals surface area contributed by atoms with Crippen molar-refractivity contribution in [3.05, 3.63) is 0 Å². The van der Waals surface area contributed by atoms with Crippen molar-refractivity contribution in [2.45, 2.75) is 65.2 Å². The average Bonchev–Trinajstić information content (AvgIpc) is 3.13. The van der Waals surface area contributed by atoms with Gasteiger partial charge in [-0.15, -0.1) is 24.0 Å². The minimum atomic E-state index is 0. The number of guanidine groups is 1. The van der Waals surface area contributed by atoms with Gasteiger partial charge in [0.1, 0.15) is 0 Å². The summed E-state index contributed by atoms with van der Waals surface area (Å²) in [6.45, 7) is 11.9. The molecule has 27 heavy (non-hydrogen) atoms. The number of ether oxygens (including phenoxy) is 1. The third-order valence-electron chi connectivity index (χ3n) is 6.30. The fourth-order valence-corrected chi connectivity index (χ4v) is 4.54. The van der Waals surface area contributed by atoms with Crippen LogP contribution in [-0.2, 0) is 4.74 Å². The fourth-order valence-electron chi connectivity index (χ4n) is 4.54. The van der Waals surface area contributed by atoms with Gasteiger partial charge in [-0.1, -0.05) is 19.8 Å². The number of nitrogens with one attached hydrogen (secondary N) is 2. The molecule has 1 saturated carbocycles. The molecule has 0 aromatic rings. The highest BCUT2D eigenvalue weighted by molar-refractivity contribution is 14.0. The van der Waals surface area contributed by atoms with E-state index in [1.807, 2.05) is 7.05 Å². The first kappa shape index (κ1) is 25.0. The summed E-state index contributed by atoms with van der Waals surface area (Å²) in [7, 11) is 1.89. The largest absolute Gasteiger partial charge is 0.382 e. The molecule has 1 aliphatic carbocycles. The number of rotatable bonds is 10. The second-order valence-electron chi connectivity index (χ2n) is 8.25. The summed E-state index contributed by atoms with van der Waals surface area (Å²) >= 11 is 0. The first-order chi connectivity index (χ1) is 12.7. The monoisotopic (exact) mass is 494 g/mol. The van der Waals surface area contributed by atoms with Crippen molar-refractivity contribution in [2.24, 2.45) is 16.3 Å². The van der Waals surface area contributed by atoms with Crippen molar-refractivity contribution < 1.29 is 4.74 Å². The van der Waals surface area contributed by atoms with Gasteiger partial charge in [0.05, 0.1) is 0 Å². The van der Waals surface area contributed by atoms with E-state index in [-0.39, 0.29) is 24.0 Å². The Morgan fingerprint density at radius 1 is 1.15 bits per heavy atom. The molecule has 160 valence electrons. The van der Waals surface area contributed by atoms with Gasteiger partial charge in [-0.3, -0.25) is 4.99 Å². The molecule has 0 atom stereocenters. The molecule has 1 aliphatic heterocycles. The van der Waals surface area contributed by atoms with Crippen LogP contribution in [0.4, 0.5) is 0 Å². The van der Waals surface area contributed by atoms with Gasteiger partial charge in [0, 0.05) is 33.4 Å². The van der Waals surface area contributed by atoms with Crippen LogP contribution in [0.15, 0.2) is 4.99 Å². The summed E-state index contributed by atoms with van der Waals surface area (Å²) < 4.78 is 5.63. The molecule has 0 unspecified atom stereocenters. The molecule has 2 rings (SSSR count). The molecular weight excluding hydrogens is 451 g/mol. The number of likely N-dealkylation sites (tertiary alicyclic amines) is 1. The Balaban J connectivity index is 0.00000364. The maximum Gasteiger partial charge on any atom is 0.191 e. The molecule has 0 aromatic heterocycles. The van der Waals surface area contributed by atoms with Crippen LogP contribution in [0.5, 0.6) is 0 Å². The topological polar surface area (TPSA) is 48.9 Å². The maximum absolute atomic E-state index is 5.63. The van der Waals surface area contributed by atoms with E-state index in [9.17, 15) is 0 Å². The van der Waals surface area contributed by atoms with E-state index in [2.05, 4.69) is 34.4 Å². The summed E-state index contributed by atoms with van der Waals surface area (Å²) in [4.78, 5) is 7.06. The highest BCUT2D eigenvalue weighted by Gasteiger charge is 2.33. The smallest absolute Gasteiger partial charge is 0.191 e. The summed E-state index contributed by atoms with van der Waals surface area (Å²) in [5.41, 5.74) is 0.401. The minimum absolute atomic E-state index is 0. The molecule has 0 aromatic carbocycles. The summed E-state index contributed by atoms with van der Waals surface area (Å²) in [6.07, 6.45) is 10.4. The quantitative estimate of drug-likeness (QED) is 0.210. The van der Waals surface area contributed by atoms with Crippen LogP contribution in [0.2, 0.25) is 0 Å². The maximum atomic E-state index is 5.63. The zero-order valence-corrected chi connectivity index (χ0v) is 20.2. The van der Waals surface area contributed by atoms with Crippen LogP contribution in [0.1, 0.15) is 65.2 Å². The Labute approximate surface area is 184 Å². The number of hydrogen-bond donors (Lipinski definition) is 2. The Hall–Kier alpha value is -0.0800. The molecule has 5 nitrogen and oxygen atoms in total. The lowest BCUT2D eigenvalue weighted by Gasteiger charge is -2.33. The molecule has 0 spiro atoms. The van der Waals surface area contributed by atoms with Crippen molar-refractivity contribution in [3.63, 3.8) is 0 Å². The molecule has 0 bridgehead atoms. The molecule has 6 heteroatoms. The number of halogens is 1. The van der Waals surface area contributed by atoms with Gasteiger partial charge in [0.25, 0.3) is 0 Å². The first-order valence-electron chi connectivity index (χ1n) is 11.0. The number of nitrogens with zero attached hydrogens (tertiary/aromatic N) is 2. The van der Waals surface area contributed by atoms with Crippen LogP contribution in [0.3, 0.4) is 0 Å². The number of hydrogen-bond acceptors (Lipinski definition) is 3. The Kier molecular flexibility index (Phi) is 12.9. The van der Waals surface area contributed by atoms with Crippen LogP contribution in [-0.4, -0.2) is 63.8 Å².